The summed E-state index contributed by atoms with van der Waals surface area (Å²) >= 11 is 1.29. The van der Waals surface area contributed by atoms with Crippen LogP contribution in [0.3, 0.4) is 0 Å². The van der Waals surface area contributed by atoms with E-state index < -0.39 is 10.0 Å². The quantitative estimate of drug-likeness (QED) is 0.897. The van der Waals surface area contributed by atoms with Crippen molar-refractivity contribution < 1.29 is 13.5 Å². The largest absolute Gasteiger partial charge is 0.391 e. The third-order valence-corrected chi connectivity index (χ3v) is 6.66. The highest BCUT2D eigenvalue weighted by Crippen LogP contribution is 2.38. The molecule has 0 bridgehead atoms. The van der Waals surface area contributed by atoms with Crippen molar-refractivity contribution in [3.63, 3.8) is 0 Å². The van der Waals surface area contributed by atoms with Crippen LogP contribution in [0.5, 0.6) is 0 Å². The van der Waals surface area contributed by atoms with Crippen LogP contribution in [0, 0.1) is 12.3 Å². The van der Waals surface area contributed by atoms with E-state index >= 15 is 0 Å². The maximum Gasteiger partial charge on any atom is 0.242 e. The Kier molecular flexibility index (Phi) is 4.07. The highest BCUT2D eigenvalue weighted by molar-refractivity contribution is 7.89. The first-order valence-corrected chi connectivity index (χ1v) is 8.81. The zero-order valence-corrected chi connectivity index (χ0v) is 13.2. The van der Waals surface area contributed by atoms with E-state index in [0.717, 1.165) is 19.3 Å². The van der Waals surface area contributed by atoms with Gasteiger partial charge in [0.1, 0.15) is 4.90 Å². The number of thiophene rings is 1. The lowest BCUT2D eigenvalue weighted by atomic mass is 9.92. The molecule has 0 aliphatic heterocycles. The summed E-state index contributed by atoms with van der Waals surface area (Å²) in [6.45, 7) is 5.86. The monoisotopic (exact) mass is 303 g/mol. The van der Waals surface area contributed by atoms with Crippen LogP contribution >= 0.6 is 11.3 Å². The van der Waals surface area contributed by atoms with Gasteiger partial charge in [0.15, 0.2) is 0 Å². The van der Waals surface area contributed by atoms with Crippen LogP contribution < -0.4 is 4.72 Å². The van der Waals surface area contributed by atoms with Crippen molar-refractivity contribution in [3.8, 4) is 0 Å². The van der Waals surface area contributed by atoms with Crippen LogP contribution in [0.4, 0.5) is 0 Å². The Morgan fingerprint density at radius 3 is 2.74 bits per heavy atom. The highest BCUT2D eigenvalue weighted by atomic mass is 32.2. The van der Waals surface area contributed by atoms with Crippen LogP contribution in [0.1, 0.15) is 43.6 Å². The zero-order chi connectivity index (χ0) is 14.3. The van der Waals surface area contributed by atoms with E-state index in [-0.39, 0.29) is 23.0 Å². The summed E-state index contributed by atoms with van der Waals surface area (Å²) in [4.78, 5) is 0.784. The van der Waals surface area contributed by atoms with E-state index in [1.165, 1.54) is 11.3 Å². The van der Waals surface area contributed by atoms with Gasteiger partial charge in [0.2, 0.25) is 10.0 Å². The highest BCUT2D eigenvalue weighted by Gasteiger charge is 2.34. The Bertz CT molecular complexity index is 560. The second-order valence-corrected chi connectivity index (χ2v) is 8.67. The van der Waals surface area contributed by atoms with Gasteiger partial charge >= 0.3 is 0 Å². The molecule has 2 N–H and O–H groups in total. The zero-order valence-electron chi connectivity index (χ0n) is 11.6. The predicted molar refractivity (Wildman–Crippen MR) is 76.7 cm³/mol. The fourth-order valence-electron chi connectivity index (χ4n) is 2.77. The second-order valence-electron chi connectivity index (χ2n) is 6.05. The van der Waals surface area contributed by atoms with Gasteiger partial charge in [-0.15, -0.1) is 11.3 Å². The van der Waals surface area contributed by atoms with E-state index in [9.17, 15) is 13.5 Å². The van der Waals surface area contributed by atoms with Crippen molar-refractivity contribution in [3.05, 3.63) is 15.8 Å². The number of hydrogen-bond acceptors (Lipinski definition) is 4. The molecule has 1 aromatic rings. The van der Waals surface area contributed by atoms with Gasteiger partial charge in [-0.1, -0.05) is 13.8 Å². The molecule has 0 aromatic carbocycles. The van der Waals surface area contributed by atoms with Gasteiger partial charge in [0, 0.05) is 6.04 Å². The maximum absolute atomic E-state index is 12.4. The topological polar surface area (TPSA) is 66.4 Å². The van der Waals surface area contributed by atoms with Crippen LogP contribution in [-0.4, -0.2) is 19.6 Å². The Balaban J connectivity index is 2.22. The summed E-state index contributed by atoms with van der Waals surface area (Å²) in [7, 11) is -3.52. The van der Waals surface area contributed by atoms with Crippen LogP contribution in [-0.2, 0) is 16.6 Å². The number of hydrogen-bond donors (Lipinski definition) is 2. The number of nitrogens with one attached hydrogen (secondary N) is 1. The molecule has 108 valence electrons. The number of aliphatic hydroxyl groups excluding tert-OH is 1. The Morgan fingerprint density at radius 2 is 2.21 bits per heavy atom. The average molecular weight is 303 g/mol. The number of aliphatic hydroxyl groups is 1. The molecule has 1 heterocycles. The summed E-state index contributed by atoms with van der Waals surface area (Å²) in [5.41, 5.74) is 0.912. The van der Waals surface area contributed by atoms with Gasteiger partial charge < -0.3 is 5.11 Å². The molecule has 0 saturated heterocycles. The van der Waals surface area contributed by atoms with Gasteiger partial charge in [-0.05, 0) is 42.5 Å². The van der Waals surface area contributed by atoms with E-state index in [0.29, 0.717) is 10.4 Å². The van der Waals surface area contributed by atoms with Crippen molar-refractivity contribution in [2.24, 2.45) is 5.41 Å². The fourth-order valence-corrected chi connectivity index (χ4v) is 5.70. The lowest BCUT2D eigenvalue weighted by molar-refractivity contribution is 0.282. The minimum Gasteiger partial charge on any atom is -0.391 e. The molecule has 1 aromatic heterocycles. The third-order valence-electron chi connectivity index (χ3n) is 3.69. The van der Waals surface area contributed by atoms with E-state index in [4.69, 9.17) is 0 Å². The normalized spacial score (nSPS) is 22.8. The molecule has 1 aliphatic rings. The number of rotatable bonds is 4. The van der Waals surface area contributed by atoms with Crippen LogP contribution in [0.2, 0.25) is 0 Å². The Morgan fingerprint density at radius 1 is 1.53 bits per heavy atom. The van der Waals surface area contributed by atoms with Gasteiger partial charge in [0.05, 0.1) is 11.5 Å². The molecule has 1 unspecified atom stereocenters. The molecular formula is C13H21NO3S2. The molecule has 1 aliphatic carbocycles. The maximum atomic E-state index is 12.4. The first-order chi connectivity index (χ1) is 8.75. The molecule has 6 heteroatoms. The second kappa shape index (κ2) is 5.16. The molecular weight excluding hydrogens is 282 g/mol. The first kappa shape index (κ1) is 15.0. The smallest absolute Gasteiger partial charge is 0.242 e. The molecule has 0 spiro atoms. The number of aryl methyl sites for hydroxylation is 1. The van der Waals surface area contributed by atoms with Crippen molar-refractivity contribution >= 4 is 21.4 Å². The Hall–Kier alpha value is -0.430. The summed E-state index contributed by atoms with van der Waals surface area (Å²) in [6.07, 6.45) is 2.78. The minimum absolute atomic E-state index is 0.00541. The van der Waals surface area contributed by atoms with E-state index in [2.05, 4.69) is 18.6 Å². The van der Waals surface area contributed by atoms with Crippen molar-refractivity contribution in [1.82, 2.24) is 4.72 Å². The van der Waals surface area contributed by atoms with E-state index in [1.54, 1.807) is 12.3 Å². The van der Waals surface area contributed by atoms with Gasteiger partial charge in [0.25, 0.3) is 0 Å². The van der Waals surface area contributed by atoms with Crippen molar-refractivity contribution in [2.45, 2.75) is 57.6 Å². The lowest BCUT2D eigenvalue weighted by Crippen LogP contribution is -2.34. The predicted octanol–water partition coefficient (Wildman–Crippen LogP) is 2.41. The van der Waals surface area contributed by atoms with Crippen molar-refractivity contribution in [2.75, 3.05) is 0 Å². The first-order valence-electron chi connectivity index (χ1n) is 6.45. The standard InChI is InChI=1S/C13H21NO3S2/c1-9-8-18-11(7-15)12(9)19(16,17)14-10-4-5-13(2,3)6-10/h8,10,14-15H,4-7H2,1-3H3. The molecule has 4 nitrogen and oxygen atoms in total. The molecule has 2 rings (SSSR count). The summed E-state index contributed by atoms with van der Waals surface area (Å²) in [5.74, 6) is 0. The number of sulfonamides is 1. The molecule has 1 atom stereocenters. The molecule has 19 heavy (non-hydrogen) atoms. The van der Waals surface area contributed by atoms with Crippen LogP contribution in [0.15, 0.2) is 10.3 Å². The Labute approximate surface area is 118 Å². The average Bonchev–Trinajstić information content (AvgIpc) is 2.81. The summed E-state index contributed by atoms with van der Waals surface area (Å²) in [5, 5.41) is 11.0. The van der Waals surface area contributed by atoms with Gasteiger partial charge in [-0.2, -0.15) is 0 Å². The fraction of sp³-hybridized carbons (Fsp3) is 0.692. The lowest BCUT2D eigenvalue weighted by Gasteiger charge is -2.18. The SMILES string of the molecule is Cc1csc(CO)c1S(=O)(=O)NC1CCC(C)(C)C1. The van der Waals surface area contributed by atoms with Crippen molar-refractivity contribution in [1.29, 1.82) is 0 Å². The molecule has 0 radical (unpaired) electrons. The van der Waals surface area contributed by atoms with Gasteiger partial charge in [-0.3, -0.25) is 0 Å². The summed E-state index contributed by atoms with van der Waals surface area (Å²) in [6, 6.07) is 0.00541. The van der Waals surface area contributed by atoms with Gasteiger partial charge in [-0.25, -0.2) is 13.1 Å². The molecule has 1 saturated carbocycles. The molecule has 1 fully saturated rings. The van der Waals surface area contributed by atoms with E-state index in [1.807, 2.05) is 0 Å². The minimum atomic E-state index is -3.52. The molecule has 0 amide bonds. The third kappa shape index (κ3) is 3.18. The van der Waals surface area contributed by atoms with Crippen LogP contribution in [0.25, 0.3) is 0 Å². The summed E-state index contributed by atoms with van der Waals surface area (Å²) < 4.78 is 27.7.